The minimum absolute atomic E-state index is 0.125. The standard InChI is InChI=1S/C20H22O.C2H6/c1-20(2,3)21-14-19-17-11-6-4-5-9-15(17)13-16-10-7-8-12-18(16)19;1-2/h4-10,12-13H,11,14H2,1-3H3;1-2H3. The zero-order valence-electron chi connectivity index (χ0n) is 15.0. The van der Waals surface area contributed by atoms with Crippen molar-refractivity contribution in [3.8, 4) is 0 Å². The van der Waals surface area contributed by atoms with Gasteiger partial charge in [0.2, 0.25) is 0 Å². The molecule has 0 heterocycles. The van der Waals surface area contributed by atoms with Crippen LogP contribution in [-0.2, 0) is 17.8 Å². The highest BCUT2D eigenvalue weighted by atomic mass is 16.5. The molecule has 0 bridgehead atoms. The number of rotatable bonds is 2. The van der Waals surface area contributed by atoms with Gasteiger partial charge in [-0.25, -0.2) is 0 Å². The second kappa shape index (κ2) is 7.61. The highest BCUT2D eigenvalue weighted by molar-refractivity contribution is 5.90. The van der Waals surface area contributed by atoms with E-state index in [1.807, 2.05) is 13.8 Å². The third kappa shape index (κ3) is 4.33. The van der Waals surface area contributed by atoms with Crippen LogP contribution in [0.25, 0.3) is 16.8 Å². The molecule has 122 valence electrons. The molecule has 0 atom stereocenters. The quantitative estimate of drug-likeness (QED) is 0.632. The van der Waals surface area contributed by atoms with E-state index in [0.29, 0.717) is 6.61 Å². The van der Waals surface area contributed by atoms with Crippen molar-refractivity contribution in [3.63, 3.8) is 0 Å². The Kier molecular flexibility index (Phi) is 5.79. The third-order valence-corrected chi connectivity index (χ3v) is 3.80. The summed E-state index contributed by atoms with van der Waals surface area (Å²) in [4.78, 5) is 0. The molecule has 3 rings (SSSR count). The van der Waals surface area contributed by atoms with Crippen LogP contribution >= 0.6 is 0 Å². The molecule has 2 aromatic carbocycles. The summed E-state index contributed by atoms with van der Waals surface area (Å²) in [5.41, 5.74) is 3.91. The largest absolute Gasteiger partial charge is 0.371 e. The maximum atomic E-state index is 6.08. The van der Waals surface area contributed by atoms with Crippen LogP contribution in [0, 0.1) is 0 Å². The number of benzene rings is 2. The van der Waals surface area contributed by atoms with Gasteiger partial charge in [0.1, 0.15) is 0 Å². The van der Waals surface area contributed by atoms with E-state index in [1.54, 1.807) is 0 Å². The van der Waals surface area contributed by atoms with Crippen LogP contribution < -0.4 is 0 Å². The molecule has 0 N–H and O–H groups in total. The Morgan fingerprint density at radius 3 is 2.52 bits per heavy atom. The molecule has 0 amide bonds. The predicted octanol–water partition coefficient (Wildman–Crippen LogP) is 6.31. The summed E-state index contributed by atoms with van der Waals surface area (Å²) in [6.45, 7) is 11.0. The van der Waals surface area contributed by atoms with Crippen molar-refractivity contribution < 1.29 is 4.74 Å². The maximum Gasteiger partial charge on any atom is 0.0733 e. The van der Waals surface area contributed by atoms with Crippen LogP contribution in [0.5, 0.6) is 0 Å². The highest BCUT2D eigenvalue weighted by Gasteiger charge is 2.16. The topological polar surface area (TPSA) is 9.23 Å². The summed E-state index contributed by atoms with van der Waals surface area (Å²) < 4.78 is 6.08. The second-order valence-corrected chi connectivity index (χ2v) is 6.54. The van der Waals surface area contributed by atoms with Gasteiger partial charge in [0.25, 0.3) is 0 Å². The van der Waals surface area contributed by atoms with Crippen LogP contribution in [-0.4, -0.2) is 5.60 Å². The second-order valence-electron chi connectivity index (χ2n) is 6.54. The fourth-order valence-electron chi connectivity index (χ4n) is 2.76. The van der Waals surface area contributed by atoms with E-state index < -0.39 is 0 Å². The Labute approximate surface area is 140 Å². The molecule has 2 aromatic rings. The van der Waals surface area contributed by atoms with E-state index in [2.05, 4.69) is 75.4 Å². The Balaban J connectivity index is 0.000000924. The molecule has 0 saturated carbocycles. The van der Waals surface area contributed by atoms with Gasteiger partial charge in [0.05, 0.1) is 12.2 Å². The summed E-state index contributed by atoms with van der Waals surface area (Å²) in [7, 11) is 0. The molecule has 0 unspecified atom stereocenters. The van der Waals surface area contributed by atoms with E-state index in [1.165, 1.54) is 27.5 Å². The lowest BCUT2D eigenvalue weighted by atomic mass is 9.92. The zero-order chi connectivity index (χ0) is 16.9. The lowest BCUT2D eigenvalue weighted by molar-refractivity contribution is -0.0146. The van der Waals surface area contributed by atoms with Gasteiger partial charge in [-0.05, 0) is 60.7 Å². The summed E-state index contributed by atoms with van der Waals surface area (Å²) in [5, 5.41) is 2.60. The lowest BCUT2D eigenvalue weighted by Gasteiger charge is -2.22. The Hall–Kier alpha value is -1.86. The van der Waals surface area contributed by atoms with Crippen molar-refractivity contribution in [2.75, 3.05) is 0 Å². The van der Waals surface area contributed by atoms with Crippen LogP contribution in [0.1, 0.15) is 51.3 Å². The predicted molar refractivity (Wildman–Crippen MR) is 102 cm³/mol. The van der Waals surface area contributed by atoms with E-state index in [9.17, 15) is 0 Å². The molecule has 0 aromatic heterocycles. The Morgan fingerprint density at radius 1 is 1.04 bits per heavy atom. The van der Waals surface area contributed by atoms with Crippen molar-refractivity contribution in [2.24, 2.45) is 0 Å². The number of hydrogen-bond donors (Lipinski definition) is 0. The summed E-state index contributed by atoms with van der Waals surface area (Å²) >= 11 is 0. The molecule has 0 radical (unpaired) electrons. The SMILES string of the molecule is CC.CC(C)(C)OCc1c2c(cc3ccccc13)C=CC=CC2. The zero-order valence-corrected chi connectivity index (χ0v) is 15.0. The summed E-state index contributed by atoms with van der Waals surface area (Å²) in [6.07, 6.45) is 9.63. The summed E-state index contributed by atoms with van der Waals surface area (Å²) in [5.74, 6) is 0. The molecular weight excluding hydrogens is 280 g/mol. The first-order valence-electron chi connectivity index (χ1n) is 8.55. The van der Waals surface area contributed by atoms with Gasteiger partial charge in [-0.2, -0.15) is 0 Å². The molecule has 23 heavy (non-hydrogen) atoms. The van der Waals surface area contributed by atoms with Gasteiger partial charge in [0.15, 0.2) is 0 Å². The summed E-state index contributed by atoms with van der Waals surface area (Å²) in [6, 6.07) is 10.9. The first-order valence-corrected chi connectivity index (χ1v) is 8.55. The van der Waals surface area contributed by atoms with Gasteiger partial charge in [-0.3, -0.25) is 0 Å². The Bertz CT molecular complexity index is 715. The van der Waals surface area contributed by atoms with E-state index in [4.69, 9.17) is 4.74 Å². The fraction of sp³-hybridized carbons (Fsp3) is 0.364. The number of fused-ring (bicyclic) bond motifs is 2. The van der Waals surface area contributed by atoms with Gasteiger partial charge in [-0.1, -0.05) is 62.4 Å². The number of allylic oxidation sites excluding steroid dienone is 3. The van der Waals surface area contributed by atoms with Crippen LogP contribution in [0.4, 0.5) is 0 Å². The maximum absolute atomic E-state index is 6.08. The molecule has 1 nitrogen and oxygen atoms in total. The molecule has 0 aliphatic heterocycles. The lowest BCUT2D eigenvalue weighted by Crippen LogP contribution is -2.19. The Morgan fingerprint density at radius 2 is 1.78 bits per heavy atom. The van der Waals surface area contributed by atoms with Crippen molar-refractivity contribution >= 4 is 16.8 Å². The van der Waals surface area contributed by atoms with Crippen molar-refractivity contribution in [1.29, 1.82) is 0 Å². The van der Waals surface area contributed by atoms with E-state index in [0.717, 1.165) is 6.42 Å². The van der Waals surface area contributed by atoms with Crippen LogP contribution in [0.15, 0.2) is 48.6 Å². The smallest absolute Gasteiger partial charge is 0.0733 e. The molecule has 0 saturated heterocycles. The normalized spacial score (nSPS) is 13.3. The molecule has 1 aliphatic carbocycles. The average molecular weight is 308 g/mol. The van der Waals surface area contributed by atoms with Gasteiger partial charge in [-0.15, -0.1) is 0 Å². The van der Waals surface area contributed by atoms with Crippen molar-refractivity contribution in [1.82, 2.24) is 0 Å². The minimum atomic E-state index is -0.125. The average Bonchev–Trinajstić information content (AvgIpc) is 2.77. The highest BCUT2D eigenvalue weighted by Crippen LogP contribution is 2.30. The molecule has 0 fully saturated rings. The molecule has 1 heteroatoms. The van der Waals surface area contributed by atoms with Crippen molar-refractivity contribution in [2.45, 2.75) is 53.2 Å². The van der Waals surface area contributed by atoms with Crippen LogP contribution in [0.2, 0.25) is 0 Å². The van der Waals surface area contributed by atoms with E-state index in [-0.39, 0.29) is 5.60 Å². The molecule has 0 spiro atoms. The third-order valence-electron chi connectivity index (χ3n) is 3.80. The first kappa shape index (κ1) is 17.5. The monoisotopic (exact) mass is 308 g/mol. The van der Waals surface area contributed by atoms with Crippen LogP contribution in [0.3, 0.4) is 0 Å². The number of ether oxygens (including phenoxy) is 1. The van der Waals surface area contributed by atoms with Crippen molar-refractivity contribution in [3.05, 3.63) is 65.3 Å². The van der Waals surface area contributed by atoms with E-state index >= 15 is 0 Å². The number of hydrogen-bond acceptors (Lipinski definition) is 1. The first-order chi connectivity index (χ1) is 11.0. The minimum Gasteiger partial charge on any atom is -0.371 e. The van der Waals surface area contributed by atoms with Gasteiger partial charge < -0.3 is 4.74 Å². The fourth-order valence-corrected chi connectivity index (χ4v) is 2.76. The molecular formula is C22H28O. The van der Waals surface area contributed by atoms with Gasteiger partial charge in [0, 0.05) is 0 Å². The van der Waals surface area contributed by atoms with Gasteiger partial charge >= 0.3 is 0 Å². The molecule has 1 aliphatic rings.